The van der Waals surface area contributed by atoms with Gasteiger partial charge in [-0.1, -0.05) is 32.8 Å². The van der Waals surface area contributed by atoms with Gasteiger partial charge in [0.05, 0.1) is 41.4 Å². The van der Waals surface area contributed by atoms with Crippen LogP contribution in [0.2, 0.25) is 0 Å². The Balaban J connectivity index is 1.60. The van der Waals surface area contributed by atoms with Gasteiger partial charge in [-0.3, -0.25) is 14.6 Å². The molecule has 1 aromatic rings. The normalized spacial score (nSPS) is 37.4. The predicted octanol–water partition coefficient (Wildman–Crippen LogP) is 4.64. The van der Waals surface area contributed by atoms with Crippen LogP contribution in [0.1, 0.15) is 91.2 Å². The highest BCUT2D eigenvalue weighted by Gasteiger charge is 2.55. The van der Waals surface area contributed by atoms with Crippen molar-refractivity contribution in [1.82, 2.24) is 4.98 Å². The predicted molar refractivity (Wildman–Crippen MR) is 140 cm³/mol. The molecule has 0 radical (unpaired) electrons. The number of esters is 1. The van der Waals surface area contributed by atoms with Gasteiger partial charge in [-0.05, 0) is 75.7 Å². The van der Waals surface area contributed by atoms with E-state index in [2.05, 4.69) is 11.9 Å². The van der Waals surface area contributed by atoms with Crippen molar-refractivity contribution in [3.63, 3.8) is 0 Å². The van der Waals surface area contributed by atoms with Crippen LogP contribution in [-0.4, -0.2) is 57.0 Å². The minimum atomic E-state index is -1.13. The second-order valence-electron chi connectivity index (χ2n) is 11.7. The Morgan fingerprint density at radius 1 is 1.19 bits per heavy atom. The summed E-state index contributed by atoms with van der Waals surface area (Å²) < 4.78 is 12.0. The minimum absolute atomic E-state index is 0.0432. The third kappa shape index (κ3) is 5.99. The Morgan fingerprint density at radius 3 is 2.57 bits per heavy atom. The number of rotatable bonds is 3. The zero-order valence-electron chi connectivity index (χ0n) is 22.7. The summed E-state index contributed by atoms with van der Waals surface area (Å²) in [7, 11) is 0. The minimum Gasteiger partial charge on any atom is -0.458 e. The first-order valence-electron chi connectivity index (χ1n) is 14.0. The topological polar surface area (TPSA) is 109 Å². The van der Waals surface area contributed by atoms with E-state index in [0.717, 1.165) is 37.0 Å². The van der Waals surface area contributed by atoms with Gasteiger partial charge in [-0.15, -0.1) is 0 Å². The average molecular weight is 514 g/mol. The van der Waals surface area contributed by atoms with Gasteiger partial charge in [0.1, 0.15) is 11.9 Å². The van der Waals surface area contributed by atoms with Crippen LogP contribution in [0.5, 0.6) is 0 Å². The van der Waals surface area contributed by atoms with E-state index < -0.39 is 35.6 Å². The molecule has 0 amide bonds. The molecule has 4 rings (SSSR count). The van der Waals surface area contributed by atoms with Gasteiger partial charge < -0.3 is 19.7 Å². The van der Waals surface area contributed by atoms with Crippen LogP contribution in [0.4, 0.5) is 0 Å². The molecular formula is C30H43NO6. The lowest BCUT2D eigenvalue weighted by Crippen LogP contribution is -2.53. The molecule has 3 aliphatic rings. The number of epoxide rings is 1. The molecule has 2 aliphatic heterocycles. The number of Topliss-reactive ketones (excluding diaryl/α,β-unsaturated/α-hetero) is 1. The molecular weight excluding hydrogens is 470 g/mol. The average Bonchev–Trinajstić information content (AvgIpc) is 3.46. The lowest BCUT2D eigenvalue weighted by atomic mass is 9.58. The number of nitrogens with zero attached hydrogens (tertiary/aromatic N) is 1. The van der Waals surface area contributed by atoms with E-state index in [4.69, 9.17) is 9.47 Å². The molecule has 3 fully saturated rings. The van der Waals surface area contributed by atoms with Crippen LogP contribution in [-0.2, 0) is 19.1 Å². The maximum atomic E-state index is 13.7. The Labute approximate surface area is 220 Å². The first kappa shape index (κ1) is 27.9. The van der Waals surface area contributed by atoms with Gasteiger partial charge >= 0.3 is 5.97 Å². The summed E-state index contributed by atoms with van der Waals surface area (Å²) in [6.45, 7) is 7.92. The number of aliphatic hydroxyl groups is 2. The number of aromatic nitrogens is 1. The molecule has 1 saturated carbocycles. The fraction of sp³-hybridized carbons (Fsp3) is 0.700. The summed E-state index contributed by atoms with van der Waals surface area (Å²) >= 11 is 0. The maximum Gasteiger partial charge on any atom is 0.309 e. The van der Waals surface area contributed by atoms with E-state index in [1.165, 1.54) is 0 Å². The van der Waals surface area contributed by atoms with Crippen LogP contribution in [0, 0.1) is 17.3 Å². The summed E-state index contributed by atoms with van der Waals surface area (Å²) in [5.41, 5.74) is 0.356. The molecule has 204 valence electrons. The van der Waals surface area contributed by atoms with Crippen LogP contribution in [0.3, 0.4) is 0 Å². The van der Waals surface area contributed by atoms with Crippen molar-refractivity contribution in [3.8, 4) is 0 Å². The molecule has 3 heterocycles. The van der Waals surface area contributed by atoms with Gasteiger partial charge in [0.15, 0.2) is 0 Å². The number of ether oxygens (including phenoxy) is 2. The monoisotopic (exact) mass is 513 g/mol. The summed E-state index contributed by atoms with van der Waals surface area (Å²) in [6.07, 6.45) is 6.36. The lowest BCUT2D eigenvalue weighted by molar-refractivity contribution is -0.162. The number of hydrogen-bond acceptors (Lipinski definition) is 7. The molecule has 1 aliphatic carbocycles. The highest BCUT2D eigenvalue weighted by atomic mass is 16.6. The molecule has 0 bridgehead atoms. The van der Waals surface area contributed by atoms with E-state index >= 15 is 0 Å². The number of ketones is 1. The summed E-state index contributed by atoms with van der Waals surface area (Å²) in [5, 5.41) is 22.3. The molecule has 7 heteroatoms. The van der Waals surface area contributed by atoms with E-state index in [1.807, 2.05) is 45.0 Å². The third-order valence-corrected chi connectivity index (χ3v) is 9.15. The Bertz CT molecular complexity index is 989. The van der Waals surface area contributed by atoms with Crippen molar-refractivity contribution in [2.24, 2.45) is 17.3 Å². The zero-order valence-corrected chi connectivity index (χ0v) is 22.7. The van der Waals surface area contributed by atoms with Gasteiger partial charge in [0.25, 0.3) is 0 Å². The van der Waals surface area contributed by atoms with Crippen molar-refractivity contribution in [2.75, 3.05) is 0 Å². The van der Waals surface area contributed by atoms with Gasteiger partial charge in [0.2, 0.25) is 0 Å². The van der Waals surface area contributed by atoms with Crippen molar-refractivity contribution in [1.29, 1.82) is 0 Å². The summed E-state index contributed by atoms with van der Waals surface area (Å²) in [6, 6.07) is 5.66. The molecule has 7 atom stereocenters. The fourth-order valence-electron chi connectivity index (χ4n) is 6.27. The third-order valence-electron chi connectivity index (χ3n) is 9.15. The number of carbonyl (C=O) groups excluding carboxylic acids is 2. The number of cyclic esters (lactones) is 1. The lowest BCUT2D eigenvalue weighted by Gasteiger charge is -2.46. The molecule has 0 unspecified atom stereocenters. The van der Waals surface area contributed by atoms with Gasteiger partial charge in [-0.25, -0.2) is 0 Å². The Hall–Kier alpha value is -2.09. The number of aliphatic hydroxyl groups excluding tert-OH is 2. The first-order chi connectivity index (χ1) is 17.6. The molecule has 7 nitrogen and oxygen atoms in total. The number of fused-ring (bicyclic) bond motifs is 1. The summed E-state index contributed by atoms with van der Waals surface area (Å²) in [4.78, 5) is 31.2. The van der Waals surface area contributed by atoms with E-state index in [1.54, 1.807) is 6.20 Å². The van der Waals surface area contributed by atoms with E-state index in [0.29, 0.717) is 25.7 Å². The summed E-state index contributed by atoms with van der Waals surface area (Å²) in [5.74, 6) is -1.22. The molecule has 37 heavy (non-hydrogen) atoms. The quantitative estimate of drug-likeness (QED) is 0.448. The van der Waals surface area contributed by atoms with E-state index in [-0.39, 0.29) is 29.8 Å². The Kier molecular flexibility index (Phi) is 8.56. The molecule has 0 aromatic carbocycles. The molecule has 2 saturated heterocycles. The van der Waals surface area contributed by atoms with Crippen molar-refractivity contribution in [2.45, 2.75) is 115 Å². The molecule has 1 aromatic heterocycles. The maximum absolute atomic E-state index is 13.7. The second kappa shape index (κ2) is 11.3. The largest absolute Gasteiger partial charge is 0.458 e. The van der Waals surface area contributed by atoms with Gasteiger partial charge in [0, 0.05) is 18.5 Å². The fourth-order valence-corrected chi connectivity index (χ4v) is 6.27. The van der Waals surface area contributed by atoms with Crippen molar-refractivity contribution >= 4 is 17.8 Å². The number of carbonyl (C=O) groups is 2. The smallest absolute Gasteiger partial charge is 0.309 e. The van der Waals surface area contributed by atoms with Crippen LogP contribution in [0.15, 0.2) is 30.0 Å². The Morgan fingerprint density at radius 2 is 1.95 bits per heavy atom. The number of hydrogen-bond donors (Lipinski definition) is 2. The van der Waals surface area contributed by atoms with Crippen molar-refractivity contribution in [3.05, 3.63) is 35.7 Å². The van der Waals surface area contributed by atoms with Crippen LogP contribution < -0.4 is 0 Å². The van der Waals surface area contributed by atoms with Gasteiger partial charge in [-0.2, -0.15) is 0 Å². The highest BCUT2D eigenvalue weighted by Crippen LogP contribution is 2.49. The molecule has 2 N–H and O–H groups in total. The van der Waals surface area contributed by atoms with Crippen molar-refractivity contribution < 1.29 is 29.3 Å². The second-order valence-corrected chi connectivity index (χ2v) is 11.7. The SMILES string of the molecule is CC[C@H]1C(=O)C2(CCC2)[C@@H](O)CC(=O)O[C@H](C(C)=Cc2ccccn2)C[C@@H]2O[C@]2(C)CCC[C@H](C)[C@@H]1O. The van der Waals surface area contributed by atoms with Crippen LogP contribution in [0.25, 0.3) is 6.08 Å². The van der Waals surface area contributed by atoms with Crippen LogP contribution >= 0.6 is 0 Å². The van der Waals surface area contributed by atoms with E-state index in [9.17, 15) is 19.8 Å². The zero-order chi connectivity index (χ0) is 26.8. The standard InChI is InChI=1S/C30H43NO6/c1-5-22-27(34)19(2)10-8-12-29(4)25(37-29)17-23(20(3)16-21-11-6-7-15-31-21)36-26(33)18-24(32)30(28(22)35)13-9-14-30/h6-7,11,15-16,19,22-25,27,32,34H,5,8-10,12-14,17-18H2,1-4H3/t19-,22+,23-,24-,25-,27-,29+/m0/s1. The first-order valence-corrected chi connectivity index (χ1v) is 14.0. The molecule has 1 spiro atoms. The highest BCUT2D eigenvalue weighted by molar-refractivity contribution is 5.89. The number of pyridine rings is 1.